The van der Waals surface area contributed by atoms with Gasteiger partial charge in [-0.3, -0.25) is 4.79 Å². The van der Waals surface area contributed by atoms with Gasteiger partial charge in [0.05, 0.1) is 5.69 Å². The van der Waals surface area contributed by atoms with Crippen molar-refractivity contribution in [1.29, 1.82) is 0 Å². The Morgan fingerprint density at radius 2 is 2.38 bits per heavy atom. The van der Waals surface area contributed by atoms with Gasteiger partial charge in [0.2, 0.25) is 0 Å². The lowest BCUT2D eigenvalue weighted by Gasteiger charge is -1.98. The Labute approximate surface area is 74.4 Å². The summed E-state index contributed by atoms with van der Waals surface area (Å²) < 4.78 is 1.57. The highest BCUT2D eigenvalue weighted by Gasteiger charge is 2.04. The van der Waals surface area contributed by atoms with Crippen molar-refractivity contribution in [2.24, 2.45) is 0 Å². The first-order chi connectivity index (χ1) is 6.27. The molecule has 0 saturated heterocycles. The van der Waals surface area contributed by atoms with Gasteiger partial charge in [-0.2, -0.15) is 4.52 Å². The van der Waals surface area contributed by atoms with Gasteiger partial charge in [0.15, 0.2) is 5.65 Å². The van der Waals surface area contributed by atoms with Gasteiger partial charge in [0.25, 0.3) is 0 Å². The summed E-state index contributed by atoms with van der Waals surface area (Å²) in [4.78, 5) is 10.9. The number of aromatic nitrogens is 4. The third kappa shape index (κ3) is 1.40. The molecule has 0 amide bonds. The lowest BCUT2D eigenvalue weighted by Crippen LogP contribution is -2.04. The van der Waals surface area contributed by atoms with Crippen LogP contribution in [0, 0.1) is 0 Å². The molecule has 0 atom stereocenters. The molecule has 0 radical (unpaired) electrons. The molecule has 2 heterocycles. The topological polar surface area (TPSA) is 60.2 Å². The number of tetrazole rings is 1. The van der Waals surface area contributed by atoms with E-state index in [-0.39, 0.29) is 5.78 Å². The summed E-state index contributed by atoms with van der Waals surface area (Å²) in [7, 11) is 0. The van der Waals surface area contributed by atoms with Crippen molar-refractivity contribution in [3.8, 4) is 0 Å². The van der Waals surface area contributed by atoms with E-state index in [1.165, 1.54) is 0 Å². The third-order valence-electron chi connectivity index (χ3n) is 1.73. The first-order valence-electron chi connectivity index (χ1n) is 3.93. The predicted molar refractivity (Wildman–Crippen MR) is 45.2 cm³/mol. The van der Waals surface area contributed by atoms with Gasteiger partial charge in [0, 0.05) is 6.42 Å². The van der Waals surface area contributed by atoms with Crippen molar-refractivity contribution < 1.29 is 4.79 Å². The van der Waals surface area contributed by atoms with E-state index in [9.17, 15) is 4.79 Å². The van der Waals surface area contributed by atoms with Gasteiger partial charge in [-0.15, -0.1) is 5.10 Å². The summed E-state index contributed by atoms with van der Waals surface area (Å²) in [5.74, 6) is 0.100. The molecule has 0 bridgehead atoms. The van der Waals surface area contributed by atoms with E-state index in [4.69, 9.17) is 0 Å². The standard InChI is InChI=1S/C8H8N4O/c1-6(13)5-7-3-2-4-8-9-10-11-12(7)8/h2-4H,5H2,1H3. The number of nitrogens with zero attached hydrogens (tertiary/aromatic N) is 4. The van der Waals surface area contributed by atoms with Crippen molar-refractivity contribution in [3.63, 3.8) is 0 Å². The van der Waals surface area contributed by atoms with Crippen LogP contribution in [0.4, 0.5) is 0 Å². The molecule has 66 valence electrons. The molecule has 13 heavy (non-hydrogen) atoms. The Kier molecular flexibility index (Phi) is 1.77. The van der Waals surface area contributed by atoms with Crippen LogP contribution in [-0.2, 0) is 11.2 Å². The second-order valence-electron chi connectivity index (χ2n) is 2.84. The second-order valence-corrected chi connectivity index (χ2v) is 2.84. The van der Waals surface area contributed by atoms with Crippen LogP contribution >= 0.6 is 0 Å². The lowest BCUT2D eigenvalue weighted by atomic mass is 10.2. The lowest BCUT2D eigenvalue weighted by molar-refractivity contribution is -0.116. The quantitative estimate of drug-likeness (QED) is 0.658. The minimum absolute atomic E-state index is 0.100. The van der Waals surface area contributed by atoms with Crippen molar-refractivity contribution in [2.75, 3.05) is 0 Å². The van der Waals surface area contributed by atoms with Crippen molar-refractivity contribution in [3.05, 3.63) is 23.9 Å². The summed E-state index contributed by atoms with van der Waals surface area (Å²) in [5, 5.41) is 11.1. The van der Waals surface area contributed by atoms with E-state index >= 15 is 0 Å². The minimum Gasteiger partial charge on any atom is -0.300 e. The number of hydrogen-bond donors (Lipinski definition) is 0. The Morgan fingerprint density at radius 3 is 3.15 bits per heavy atom. The second kappa shape index (κ2) is 2.93. The van der Waals surface area contributed by atoms with Gasteiger partial charge in [-0.1, -0.05) is 6.07 Å². The van der Waals surface area contributed by atoms with Crippen LogP contribution in [0.3, 0.4) is 0 Å². The monoisotopic (exact) mass is 176 g/mol. The van der Waals surface area contributed by atoms with Crippen molar-refractivity contribution in [2.45, 2.75) is 13.3 Å². The molecule has 2 rings (SSSR count). The van der Waals surface area contributed by atoms with Crippen molar-refractivity contribution in [1.82, 2.24) is 20.0 Å². The van der Waals surface area contributed by atoms with Gasteiger partial charge in [0.1, 0.15) is 5.78 Å². The van der Waals surface area contributed by atoms with Gasteiger partial charge >= 0.3 is 0 Å². The van der Waals surface area contributed by atoms with E-state index in [2.05, 4.69) is 15.5 Å². The highest BCUT2D eigenvalue weighted by molar-refractivity contribution is 5.77. The van der Waals surface area contributed by atoms with Gasteiger partial charge in [-0.25, -0.2) is 0 Å². The Balaban J connectivity index is 2.54. The van der Waals surface area contributed by atoms with Crippen LogP contribution in [0.15, 0.2) is 18.2 Å². The van der Waals surface area contributed by atoms with Gasteiger partial charge < -0.3 is 0 Å². The first-order valence-corrected chi connectivity index (χ1v) is 3.93. The molecular weight excluding hydrogens is 168 g/mol. The highest BCUT2D eigenvalue weighted by Crippen LogP contribution is 2.03. The Hall–Kier alpha value is -1.78. The molecule has 0 spiro atoms. The molecule has 0 saturated carbocycles. The number of Topliss-reactive ketones (excluding diaryl/α,β-unsaturated/α-hetero) is 1. The highest BCUT2D eigenvalue weighted by atomic mass is 16.1. The molecule has 5 heteroatoms. The third-order valence-corrected chi connectivity index (χ3v) is 1.73. The number of rotatable bonds is 2. The summed E-state index contributed by atoms with van der Waals surface area (Å²) >= 11 is 0. The number of carbonyl (C=O) groups is 1. The molecule has 0 unspecified atom stereocenters. The van der Waals surface area contributed by atoms with E-state index < -0.39 is 0 Å². The maximum Gasteiger partial charge on any atom is 0.179 e. The van der Waals surface area contributed by atoms with Crippen LogP contribution in [0.2, 0.25) is 0 Å². The number of ketones is 1. The van der Waals surface area contributed by atoms with E-state index in [0.717, 1.165) is 5.69 Å². The zero-order chi connectivity index (χ0) is 9.26. The number of pyridine rings is 1. The molecule has 2 aromatic rings. The molecule has 5 nitrogen and oxygen atoms in total. The average molecular weight is 176 g/mol. The van der Waals surface area contributed by atoms with Crippen LogP contribution in [0.25, 0.3) is 5.65 Å². The maximum atomic E-state index is 10.9. The van der Waals surface area contributed by atoms with E-state index in [1.54, 1.807) is 17.5 Å². The summed E-state index contributed by atoms with van der Waals surface area (Å²) in [6.07, 6.45) is 0.363. The van der Waals surface area contributed by atoms with Crippen LogP contribution in [0.1, 0.15) is 12.6 Å². The summed E-state index contributed by atoms with van der Waals surface area (Å²) in [6, 6.07) is 5.47. The number of carbonyl (C=O) groups excluding carboxylic acids is 1. The predicted octanol–water partition coefficient (Wildman–Crippen LogP) is 0.256. The fourth-order valence-electron chi connectivity index (χ4n) is 1.21. The Bertz CT molecular complexity index is 448. The largest absolute Gasteiger partial charge is 0.300 e. The minimum atomic E-state index is 0.100. The first kappa shape index (κ1) is 7.85. The molecule has 0 aliphatic carbocycles. The SMILES string of the molecule is CC(=O)Cc1cccc2nnnn12. The molecule has 0 aliphatic heterocycles. The molecular formula is C8H8N4O. The fraction of sp³-hybridized carbons (Fsp3) is 0.250. The Morgan fingerprint density at radius 1 is 1.54 bits per heavy atom. The molecule has 0 fully saturated rings. The zero-order valence-electron chi connectivity index (χ0n) is 7.14. The number of hydrogen-bond acceptors (Lipinski definition) is 4. The number of fused-ring (bicyclic) bond motifs is 1. The van der Waals surface area contributed by atoms with Crippen LogP contribution in [-0.4, -0.2) is 25.8 Å². The summed E-state index contributed by atoms with van der Waals surface area (Å²) in [5.41, 5.74) is 1.48. The molecule has 0 aromatic carbocycles. The molecule has 2 aromatic heterocycles. The zero-order valence-corrected chi connectivity index (χ0v) is 7.14. The average Bonchev–Trinajstić information content (AvgIpc) is 2.51. The normalized spacial score (nSPS) is 10.5. The molecule has 0 aliphatic rings. The fourth-order valence-corrected chi connectivity index (χ4v) is 1.21. The smallest absolute Gasteiger partial charge is 0.179 e. The molecule has 0 N–H and O–H groups in total. The van der Waals surface area contributed by atoms with Crippen molar-refractivity contribution >= 4 is 11.4 Å². The van der Waals surface area contributed by atoms with Crippen LogP contribution < -0.4 is 0 Å². The summed E-state index contributed by atoms with van der Waals surface area (Å²) in [6.45, 7) is 1.54. The van der Waals surface area contributed by atoms with E-state index in [1.807, 2.05) is 12.1 Å². The van der Waals surface area contributed by atoms with Crippen LogP contribution in [0.5, 0.6) is 0 Å². The van der Waals surface area contributed by atoms with Gasteiger partial charge in [-0.05, 0) is 29.5 Å². The maximum absolute atomic E-state index is 10.9. The van der Waals surface area contributed by atoms with E-state index in [0.29, 0.717) is 12.1 Å².